The van der Waals surface area contributed by atoms with E-state index in [1.807, 2.05) is 12.1 Å². The molecule has 2 aromatic rings. The molecule has 0 amide bonds. The second-order valence-electron chi connectivity index (χ2n) is 5.65. The van der Waals surface area contributed by atoms with Gasteiger partial charge in [0.25, 0.3) is 0 Å². The molecule has 0 aliphatic carbocycles. The molecule has 3 nitrogen and oxygen atoms in total. The van der Waals surface area contributed by atoms with Gasteiger partial charge in [-0.1, -0.05) is 42.6 Å². The van der Waals surface area contributed by atoms with Crippen molar-refractivity contribution in [1.29, 1.82) is 0 Å². The molecule has 1 aromatic carbocycles. The van der Waals surface area contributed by atoms with Crippen LogP contribution in [-0.2, 0) is 0 Å². The maximum absolute atomic E-state index is 6.07. The number of nitrogens with zero attached hydrogens (tertiary/aromatic N) is 2. The van der Waals surface area contributed by atoms with E-state index < -0.39 is 0 Å². The Bertz CT molecular complexity index is 560. The third-order valence-electron chi connectivity index (χ3n) is 3.52. The summed E-state index contributed by atoms with van der Waals surface area (Å²) in [6.07, 6.45) is 3.63. The molecule has 0 aliphatic rings. The first-order chi connectivity index (χ1) is 8.99. The van der Waals surface area contributed by atoms with E-state index in [0.717, 1.165) is 27.8 Å². The van der Waals surface area contributed by atoms with Crippen LogP contribution in [0.25, 0.3) is 11.0 Å². The summed E-state index contributed by atoms with van der Waals surface area (Å²) in [6.45, 7) is 6.75. The highest BCUT2D eigenvalue weighted by molar-refractivity contribution is 9.10. The summed E-state index contributed by atoms with van der Waals surface area (Å²) in [5.41, 5.74) is 8.16. The van der Waals surface area contributed by atoms with Gasteiger partial charge in [0, 0.05) is 10.5 Å². The van der Waals surface area contributed by atoms with E-state index in [9.17, 15) is 0 Å². The molecule has 104 valence electrons. The number of fused-ring (bicyclic) bond motifs is 1. The normalized spacial score (nSPS) is 13.3. The highest BCUT2D eigenvalue weighted by atomic mass is 79.9. The number of aromatic nitrogens is 2. The van der Waals surface area contributed by atoms with Crippen molar-refractivity contribution in [3.05, 3.63) is 22.7 Å². The second kappa shape index (κ2) is 5.95. The zero-order valence-corrected chi connectivity index (χ0v) is 13.4. The number of hydrogen-bond donors (Lipinski definition) is 1. The van der Waals surface area contributed by atoms with Gasteiger partial charge in [0.1, 0.15) is 0 Å². The summed E-state index contributed by atoms with van der Waals surface area (Å²) in [4.78, 5) is 4.44. The quantitative estimate of drug-likeness (QED) is 0.861. The third-order valence-corrected chi connectivity index (χ3v) is 4.02. The molecule has 2 N–H and O–H groups in total. The molecule has 0 bridgehead atoms. The second-order valence-corrected chi connectivity index (χ2v) is 6.56. The highest BCUT2D eigenvalue weighted by Crippen LogP contribution is 2.28. The maximum Gasteiger partial charge on any atom is 0.201 e. The van der Waals surface area contributed by atoms with E-state index >= 15 is 0 Å². The Morgan fingerprint density at radius 3 is 2.68 bits per heavy atom. The van der Waals surface area contributed by atoms with Crippen LogP contribution < -0.4 is 5.73 Å². The summed E-state index contributed by atoms with van der Waals surface area (Å²) >= 11 is 3.51. The Morgan fingerprint density at radius 2 is 2.00 bits per heavy atom. The number of imidazole rings is 1. The van der Waals surface area contributed by atoms with E-state index in [4.69, 9.17) is 5.73 Å². The van der Waals surface area contributed by atoms with Gasteiger partial charge in [-0.15, -0.1) is 0 Å². The summed E-state index contributed by atoms with van der Waals surface area (Å²) < 4.78 is 3.22. The lowest BCUT2D eigenvalue weighted by molar-refractivity contribution is 0.457. The first kappa shape index (κ1) is 14.4. The van der Waals surface area contributed by atoms with Crippen molar-refractivity contribution in [2.75, 3.05) is 5.73 Å². The molecule has 0 fully saturated rings. The van der Waals surface area contributed by atoms with E-state index in [1.54, 1.807) is 0 Å². The van der Waals surface area contributed by atoms with Crippen molar-refractivity contribution in [2.24, 2.45) is 5.92 Å². The Morgan fingerprint density at radius 1 is 1.26 bits per heavy atom. The van der Waals surface area contributed by atoms with Crippen molar-refractivity contribution < 1.29 is 0 Å². The minimum atomic E-state index is 0.387. The number of nitrogen functional groups attached to an aromatic ring is 1. The summed E-state index contributed by atoms with van der Waals surface area (Å²) in [6, 6.07) is 6.49. The monoisotopic (exact) mass is 323 g/mol. The van der Waals surface area contributed by atoms with E-state index in [0.29, 0.717) is 12.0 Å². The first-order valence-electron chi connectivity index (χ1n) is 6.92. The average Bonchev–Trinajstić information content (AvgIpc) is 2.63. The Balaban J connectivity index is 2.23. The fourth-order valence-electron chi connectivity index (χ4n) is 2.50. The molecule has 2 rings (SSSR count). The van der Waals surface area contributed by atoms with Gasteiger partial charge in [0.05, 0.1) is 11.0 Å². The highest BCUT2D eigenvalue weighted by Gasteiger charge is 2.14. The van der Waals surface area contributed by atoms with Crippen LogP contribution in [0, 0.1) is 5.92 Å². The predicted molar refractivity (Wildman–Crippen MR) is 85.2 cm³/mol. The molecule has 1 heterocycles. The number of halogens is 1. The fourth-order valence-corrected chi connectivity index (χ4v) is 2.85. The van der Waals surface area contributed by atoms with Gasteiger partial charge >= 0.3 is 0 Å². The zero-order valence-electron chi connectivity index (χ0n) is 11.9. The van der Waals surface area contributed by atoms with Crippen molar-refractivity contribution in [3.8, 4) is 0 Å². The van der Waals surface area contributed by atoms with Gasteiger partial charge in [-0.3, -0.25) is 0 Å². The molecule has 1 unspecified atom stereocenters. The van der Waals surface area contributed by atoms with Crippen LogP contribution in [-0.4, -0.2) is 9.55 Å². The Kier molecular flexibility index (Phi) is 4.50. The van der Waals surface area contributed by atoms with E-state index in [-0.39, 0.29) is 0 Å². The zero-order chi connectivity index (χ0) is 14.0. The lowest BCUT2D eigenvalue weighted by Gasteiger charge is -2.16. The molecule has 1 aromatic heterocycles. The maximum atomic E-state index is 6.07. The van der Waals surface area contributed by atoms with Crippen molar-refractivity contribution >= 4 is 32.9 Å². The van der Waals surface area contributed by atoms with Crippen LogP contribution in [0.2, 0.25) is 0 Å². The van der Waals surface area contributed by atoms with Gasteiger partial charge in [0.15, 0.2) is 0 Å². The number of rotatable bonds is 5. The van der Waals surface area contributed by atoms with Crippen molar-refractivity contribution in [1.82, 2.24) is 9.55 Å². The largest absolute Gasteiger partial charge is 0.369 e. The van der Waals surface area contributed by atoms with Crippen molar-refractivity contribution in [3.63, 3.8) is 0 Å². The van der Waals surface area contributed by atoms with Gasteiger partial charge in [-0.05, 0) is 37.5 Å². The van der Waals surface area contributed by atoms with Crippen LogP contribution in [0.4, 0.5) is 5.95 Å². The number of benzene rings is 1. The Labute approximate surface area is 123 Å². The number of hydrogen-bond acceptors (Lipinski definition) is 2. The van der Waals surface area contributed by atoms with Gasteiger partial charge in [-0.25, -0.2) is 4.98 Å². The average molecular weight is 324 g/mol. The lowest BCUT2D eigenvalue weighted by Crippen LogP contribution is -2.09. The first-order valence-corrected chi connectivity index (χ1v) is 7.71. The number of anilines is 1. The van der Waals surface area contributed by atoms with E-state index in [2.05, 4.69) is 52.3 Å². The summed E-state index contributed by atoms with van der Waals surface area (Å²) in [5.74, 6) is 1.38. The minimum absolute atomic E-state index is 0.387. The van der Waals surface area contributed by atoms with Crippen LogP contribution in [0.5, 0.6) is 0 Å². The topological polar surface area (TPSA) is 43.8 Å². The fraction of sp³-hybridized carbons (Fsp3) is 0.533. The van der Waals surface area contributed by atoms with E-state index in [1.165, 1.54) is 12.8 Å². The standard InChI is InChI=1S/C15H22BrN3/c1-10(2)5-4-6-11(3)19-14-9-12(16)7-8-13(14)18-15(19)17/h7-11H,4-6H2,1-3H3,(H2,17,18). The molecule has 0 radical (unpaired) electrons. The van der Waals surface area contributed by atoms with Gasteiger partial charge in [-0.2, -0.15) is 0 Å². The summed E-state index contributed by atoms with van der Waals surface area (Å²) in [7, 11) is 0. The molecular formula is C15H22BrN3. The van der Waals surface area contributed by atoms with Crippen LogP contribution in [0.1, 0.15) is 46.1 Å². The summed E-state index contributed by atoms with van der Waals surface area (Å²) in [5, 5.41) is 0. The van der Waals surface area contributed by atoms with Crippen molar-refractivity contribution in [2.45, 2.75) is 46.1 Å². The Hall–Kier alpha value is -1.03. The number of nitrogens with two attached hydrogens (primary N) is 1. The molecule has 0 saturated heterocycles. The molecular weight excluding hydrogens is 302 g/mol. The third kappa shape index (κ3) is 3.30. The SMILES string of the molecule is CC(C)CCCC(C)n1c(N)nc2ccc(Br)cc21. The van der Waals surface area contributed by atoms with Gasteiger partial charge < -0.3 is 10.3 Å². The molecule has 19 heavy (non-hydrogen) atoms. The van der Waals surface area contributed by atoms with Gasteiger partial charge in [0.2, 0.25) is 5.95 Å². The predicted octanol–water partition coefficient (Wildman–Crippen LogP) is 4.77. The molecule has 0 spiro atoms. The molecule has 0 aliphatic heterocycles. The lowest BCUT2D eigenvalue weighted by atomic mass is 10.0. The molecule has 4 heteroatoms. The molecule has 0 saturated carbocycles. The molecule has 1 atom stereocenters. The van der Waals surface area contributed by atoms with Crippen LogP contribution in [0.3, 0.4) is 0 Å². The van der Waals surface area contributed by atoms with Crippen LogP contribution in [0.15, 0.2) is 22.7 Å². The van der Waals surface area contributed by atoms with Crippen LogP contribution >= 0.6 is 15.9 Å². The smallest absolute Gasteiger partial charge is 0.201 e. The minimum Gasteiger partial charge on any atom is -0.369 e.